The van der Waals surface area contributed by atoms with Gasteiger partial charge in [-0.1, -0.05) is 23.2 Å². The van der Waals surface area contributed by atoms with Crippen LogP contribution in [0.2, 0.25) is 5.02 Å². The minimum atomic E-state index is -1.05. The van der Waals surface area contributed by atoms with Crippen molar-refractivity contribution in [3.63, 3.8) is 0 Å². The molecule has 0 radical (unpaired) electrons. The van der Waals surface area contributed by atoms with E-state index in [-0.39, 0.29) is 5.56 Å². The van der Waals surface area contributed by atoms with Gasteiger partial charge in [0, 0.05) is 10.9 Å². The van der Waals surface area contributed by atoms with E-state index in [0.29, 0.717) is 22.1 Å². The maximum atomic E-state index is 13.3. The van der Waals surface area contributed by atoms with Gasteiger partial charge in [0.1, 0.15) is 11.5 Å². The molecule has 0 aliphatic heterocycles. The Kier molecular flexibility index (Phi) is 4.12. The van der Waals surface area contributed by atoms with Crippen LogP contribution in [-0.2, 0) is 0 Å². The van der Waals surface area contributed by atoms with E-state index in [1.165, 1.54) is 28.9 Å². The summed E-state index contributed by atoms with van der Waals surface area (Å²) in [4.78, 5) is 15.5. The molecule has 0 spiro atoms. The van der Waals surface area contributed by atoms with Crippen molar-refractivity contribution in [2.24, 2.45) is 0 Å². The van der Waals surface area contributed by atoms with Gasteiger partial charge in [0.15, 0.2) is 5.82 Å². The molecule has 134 valence electrons. The molecule has 0 saturated heterocycles. The second-order valence-corrected chi connectivity index (χ2v) is 6.52. The predicted octanol–water partition coefficient (Wildman–Crippen LogP) is 4.89. The molecule has 4 aromatic rings. The first-order valence-corrected chi connectivity index (χ1v) is 8.46. The van der Waals surface area contributed by atoms with Gasteiger partial charge in [-0.15, -0.1) is 0 Å². The zero-order valence-corrected chi connectivity index (χ0v) is 14.9. The molecule has 0 fully saturated rings. The van der Waals surface area contributed by atoms with E-state index in [0.717, 1.165) is 22.7 Å². The number of rotatable bonds is 3. The molecule has 27 heavy (non-hydrogen) atoms. The summed E-state index contributed by atoms with van der Waals surface area (Å²) in [7, 11) is 0. The Hall–Kier alpha value is -3.25. The van der Waals surface area contributed by atoms with Crippen LogP contribution in [0.3, 0.4) is 0 Å². The third-order valence-electron chi connectivity index (χ3n) is 4.23. The van der Waals surface area contributed by atoms with Crippen LogP contribution in [0, 0.1) is 12.7 Å². The second kappa shape index (κ2) is 6.48. The van der Waals surface area contributed by atoms with Crippen molar-refractivity contribution in [1.82, 2.24) is 14.8 Å². The molecule has 5 nitrogen and oxygen atoms in total. The minimum absolute atomic E-state index is 0.118. The SMILES string of the molecule is Cc1ccc(Cl)c(-c2nn(-c3ccc(F)cn3)c3cc(C(=O)O)ccc23)c1. The summed E-state index contributed by atoms with van der Waals surface area (Å²) in [6.45, 7) is 1.95. The Balaban J connectivity index is 2.04. The van der Waals surface area contributed by atoms with Gasteiger partial charge in [-0.2, -0.15) is 5.10 Å². The van der Waals surface area contributed by atoms with Gasteiger partial charge in [0.05, 0.1) is 22.3 Å². The van der Waals surface area contributed by atoms with E-state index in [2.05, 4.69) is 10.1 Å². The zero-order valence-electron chi connectivity index (χ0n) is 14.1. The van der Waals surface area contributed by atoms with E-state index < -0.39 is 11.8 Å². The normalized spacial score (nSPS) is 11.1. The number of pyridine rings is 1. The maximum absolute atomic E-state index is 13.3. The van der Waals surface area contributed by atoms with E-state index >= 15 is 0 Å². The van der Waals surface area contributed by atoms with Crippen LogP contribution < -0.4 is 0 Å². The average molecular weight is 382 g/mol. The number of halogens is 2. The maximum Gasteiger partial charge on any atom is 0.335 e. The summed E-state index contributed by atoms with van der Waals surface area (Å²) >= 11 is 6.38. The molecule has 0 saturated carbocycles. The molecular formula is C20H13ClFN3O2. The highest BCUT2D eigenvalue weighted by atomic mass is 35.5. The Morgan fingerprint density at radius 3 is 2.67 bits per heavy atom. The summed E-state index contributed by atoms with van der Waals surface area (Å²) in [5.74, 6) is -1.14. The van der Waals surface area contributed by atoms with E-state index in [1.807, 2.05) is 19.1 Å². The number of carbonyl (C=O) groups is 1. The third kappa shape index (κ3) is 3.04. The fourth-order valence-electron chi connectivity index (χ4n) is 2.94. The Morgan fingerprint density at radius 1 is 1.15 bits per heavy atom. The molecule has 0 amide bonds. The number of aromatic nitrogens is 3. The largest absolute Gasteiger partial charge is 0.478 e. The van der Waals surface area contributed by atoms with Crippen molar-refractivity contribution in [3.8, 4) is 17.1 Å². The number of hydrogen-bond donors (Lipinski definition) is 1. The second-order valence-electron chi connectivity index (χ2n) is 6.12. The van der Waals surface area contributed by atoms with Crippen molar-refractivity contribution < 1.29 is 14.3 Å². The Labute approximate surface area is 158 Å². The van der Waals surface area contributed by atoms with Crippen LogP contribution in [-0.4, -0.2) is 25.8 Å². The Bertz CT molecular complexity index is 1190. The molecule has 0 aliphatic carbocycles. The summed E-state index contributed by atoms with van der Waals surface area (Å²) in [5, 5.41) is 15.2. The monoisotopic (exact) mass is 381 g/mol. The van der Waals surface area contributed by atoms with Gasteiger partial charge < -0.3 is 5.11 Å². The number of nitrogens with zero attached hydrogens (tertiary/aromatic N) is 3. The standard InChI is InChI=1S/C20H13ClFN3O2/c1-11-2-6-16(21)15(8-11)19-14-5-3-12(20(26)27)9-17(14)25(24-19)18-7-4-13(22)10-23-18/h2-10H,1H3,(H,26,27). The highest BCUT2D eigenvalue weighted by Gasteiger charge is 2.18. The summed E-state index contributed by atoms with van der Waals surface area (Å²) in [6.07, 6.45) is 1.09. The quantitative estimate of drug-likeness (QED) is 0.548. The van der Waals surface area contributed by atoms with Crippen LogP contribution in [0.5, 0.6) is 0 Å². The number of fused-ring (bicyclic) bond motifs is 1. The molecule has 7 heteroatoms. The van der Waals surface area contributed by atoms with E-state index in [4.69, 9.17) is 11.6 Å². The zero-order chi connectivity index (χ0) is 19.1. The van der Waals surface area contributed by atoms with Crippen molar-refractivity contribution in [2.45, 2.75) is 6.92 Å². The van der Waals surface area contributed by atoms with E-state index in [1.54, 1.807) is 12.1 Å². The van der Waals surface area contributed by atoms with Crippen LogP contribution in [0.1, 0.15) is 15.9 Å². The van der Waals surface area contributed by atoms with Crippen molar-refractivity contribution in [1.29, 1.82) is 0 Å². The lowest BCUT2D eigenvalue weighted by Crippen LogP contribution is -2.01. The van der Waals surface area contributed by atoms with Gasteiger partial charge in [0.2, 0.25) is 0 Å². The number of carboxylic acids is 1. The average Bonchev–Trinajstić information content (AvgIpc) is 3.03. The number of aryl methyl sites for hydroxylation is 1. The first kappa shape index (κ1) is 17.2. The topological polar surface area (TPSA) is 68.0 Å². The molecule has 0 atom stereocenters. The lowest BCUT2D eigenvalue weighted by molar-refractivity contribution is 0.0697. The van der Waals surface area contributed by atoms with Gasteiger partial charge >= 0.3 is 5.97 Å². The highest BCUT2D eigenvalue weighted by Crippen LogP contribution is 2.34. The number of hydrogen-bond acceptors (Lipinski definition) is 3. The lowest BCUT2D eigenvalue weighted by atomic mass is 10.0. The summed E-state index contributed by atoms with van der Waals surface area (Å²) < 4.78 is 14.8. The lowest BCUT2D eigenvalue weighted by Gasteiger charge is -2.03. The Morgan fingerprint density at radius 2 is 1.96 bits per heavy atom. The molecule has 0 unspecified atom stereocenters. The van der Waals surface area contributed by atoms with Crippen LogP contribution in [0.25, 0.3) is 28.0 Å². The molecule has 1 N–H and O–H groups in total. The van der Waals surface area contributed by atoms with E-state index in [9.17, 15) is 14.3 Å². The first-order chi connectivity index (χ1) is 12.9. The van der Waals surface area contributed by atoms with Crippen LogP contribution in [0.4, 0.5) is 4.39 Å². The highest BCUT2D eigenvalue weighted by molar-refractivity contribution is 6.33. The van der Waals surface area contributed by atoms with Crippen molar-refractivity contribution in [3.05, 3.63) is 76.7 Å². The fourth-order valence-corrected chi connectivity index (χ4v) is 3.14. The van der Waals surface area contributed by atoms with Crippen LogP contribution >= 0.6 is 11.6 Å². The fraction of sp³-hybridized carbons (Fsp3) is 0.0500. The molecule has 0 bridgehead atoms. The summed E-state index contributed by atoms with van der Waals surface area (Å²) in [6, 6.07) is 13.1. The molecule has 0 aliphatic rings. The van der Waals surface area contributed by atoms with Gasteiger partial charge in [-0.05, 0) is 49.4 Å². The van der Waals surface area contributed by atoms with Crippen molar-refractivity contribution >= 4 is 28.5 Å². The van der Waals surface area contributed by atoms with Gasteiger partial charge in [-0.25, -0.2) is 18.9 Å². The first-order valence-electron chi connectivity index (χ1n) is 8.08. The van der Waals surface area contributed by atoms with Gasteiger partial charge in [-0.3, -0.25) is 0 Å². The molecule has 2 aromatic carbocycles. The minimum Gasteiger partial charge on any atom is -0.478 e. The molecular weight excluding hydrogens is 369 g/mol. The molecule has 2 aromatic heterocycles. The molecule has 4 rings (SSSR count). The smallest absolute Gasteiger partial charge is 0.335 e. The third-order valence-corrected chi connectivity index (χ3v) is 4.56. The van der Waals surface area contributed by atoms with Crippen molar-refractivity contribution in [2.75, 3.05) is 0 Å². The summed E-state index contributed by atoms with van der Waals surface area (Å²) in [5.41, 5.74) is 3.00. The number of carboxylic acid groups (broad SMARTS) is 1. The predicted molar refractivity (Wildman–Crippen MR) is 101 cm³/mol. The molecule has 2 heterocycles. The van der Waals surface area contributed by atoms with Crippen LogP contribution in [0.15, 0.2) is 54.7 Å². The number of benzene rings is 2. The van der Waals surface area contributed by atoms with Gasteiger partial charge in [0.25, 0.3) is 0 Å². The number of aromatic carboxylic acids is 1.